The summed E-state index contributed by atoms with van der Waals surface area (Å²) in [7, 11) is -9.82. The van der Waals surface area contributed by atoms with Crippen LogP contribution in [0.2, 0.25) is 0 Å². The Morgan fingerprint density at radius 1 is 1.29 bits per heavy atom. The maximum absolute atomic E-state index is 12.4. The number of hydrogen-bond donors (Lipinski definition) is 1. The summed E-state index contributed by atoms with van der Waals surface area (Å²) in [6.45, 7) is -0.803. The molecule has 0 saturated heterocycles. The zero-order valence-electron chi connectivity index (χ0n) is 6.98. The van der Waals surface area contributed by atoms with Gasteiger partial charge in [-0.25, -0.2) is 0 Å². The second kappa shape index (κ2) is 4.04. The van der Waals surface area contributed by atoms with Crippen LogP contribution in [0, 0.1) is 0 Å². The summed E-state index contributed by atoms with van der Waals surface area (Å²) in [4.78, 5) is 0. The molecule has 0 aliphatic carbocycles. The quantitative estimate of drug-likeness (QED) is 0.540. The molecule has 0 aliphatic rings. The monoisotopic (exact) mass is 254 g/mol. The summed E-state index contributed by atoms with van der Waals surface area (Å²) in [5.74, 6) is -0.575. The summed E-state index contributed by atoms with van der Waals surface area (Å²) in [5, 5.41) is -4.63. The van der Waals surface area contributed by atoms with Crippen molar-refractivity contribution >= 4 is 20.2 Å². The summed E-state index contributed by atoms with van der Waals surface area (Å²) >= 11 is 0. The van der Waals surface area contributed by atoms with Gasteiger partial charge in [0.2, 0.25) is 0 Å². The third kappa shape index (κ3) is 3.82. The van der Waals surface area contributed by atoms with E-state index in [1.165, 1.54) is 0 Å². The number of alkyl halides is 2. The van der Waals surface area contributed by atoms with E-state index in [0.717, 1.165) is 6.92 Å². The van der Waals surface area contributed by atoms with Gasteiger partial charge in [-0.05, 0) is 6.92 Å². The van der Waals surface area contributed by atoms with Gasteiger partial charge in [0.25, 0.3) is 10.1 Å². The molecule has 10 heteroatoms. The maximum atomic E-state index is 12.4. The van der Waals surface area contributed by atoms with Gasteiger partial charge in [-0.2, -0.15) is 25.6 Å². The highest BCUT2D eigenvalue weighted by Gasteiger charge is 2.45. The van der Waals surface area contributed by atoms with Crippen LogP contribution in [0.3, 0.4) is 0 Å². The van der Waals surface area contributed by atoms with Crippen molar-refractivity contribution in [3.8, 4) is 0 Å². The minimum atomic E-state index is -5.66. The number of halogens is 2. The van der Waals surface area contributed by atoms with Gasteiger partial charge < -0.3 is 0 Å². The fourth-order valence-electron chi connectivity index (χ4n) is 0.316. The molecular weight excluding hydrogens is 246 g/mol. The molecule has 0 amide bonds. The Morgan fingerprint density at radius 3 is 2.00 bits per heavy atom. The number of hydrogen-bond acceptors (Lipinski definition) is 5. The lowest BCUT2D eigenvalue weighted by Crippen LogP contribution is -2.34. The molecule has 14 heavy (non-hydrogen) atoms. The van der Waals surface area contributed by atoms with Crippen LogP contribution < -0.4 is 0 Å². The molecule has 0 spiro atoms. The lowest BCUT2D eigenvalue weighted by Gasteiger charge is -2.11. The zero-order valence-corrected chi connectivity index (χ0v) is 8.61. The predicted molar refractivity (Wildman–Crippen MR) is 41.9 cm³/mol. The van der Waals surface area contributed by atoms with Gasteiger partial charge >= 0.3 is 15.4 Å². The van der Waals surface area contributed by atoms with E-state index in [-0.39, 0.29) is 0 Å². The van der Waals surface area contributed by atoms with E-state index in [1.807, 2.05) is 0 Å². The van der Waals surface area contributed by atoms with Crippen LogP contribution >= 0.6 is 0 Å². The molecule has 0 aliphatic heterocycles. The fourth-order valence-corrected chi connectivity index (χ4v) is 1.09. The van der Waals surface area contributed by atoms with Crippen LogP contribution in [0.25, 0.3) is 0 Å². The molecule has 0 atom stereocenters. The molecular formula is C4H8F2O6S2. The second-order valence-electron chi connectivity index (χ2n) is 2.22. The number of rotatable bonds is 5. The van der Waals surface area contributed by atoms with Gasteiger partial charge in [0, 0.05) is 0 Å². The molecule has 0 aromatic carbocycles. The van der Waals surface area contributed by atoms with Crippen molar-refractivity contribution < 1.29 is 34.4 Å². The standard InChI is InChI=1S/C4H8F2O6S2/c1-2-13(7,8)12-3-4(5,6)14(9,10)11/h2-3H2,1H3,(H,9,10,11). The molecule has 0 heterocycles. The van der Waals surface area contributed by atoms with Crippen molar-refractivity contribution in [1.82, 2.24) is 0 Å². The molecule has 0 aromatic heterocycles. The van der Waals surface area contributed by atoms with Crippen LogP contribution in [0.15, 0.2) is 0 Å². The highest BCUT2D eigenvalue weighted by atomic mass is 32.2. The molecule has 0 unspecified atom stereocenters. The lowest BCUT2D eigenvalue weighted by atomic mass is 10.8. The van der Waals surface area contributed by atoms with Crippen LogP contribution in [0.5, 0.6) is 0 Å². The predicted octanol–water partition coefficient (Wildman–Crippen LogP) is -0.167. The fraction of sp³-hybridized carbons (Fsp3) is 1.00. The Labute approximate surface area is 79.7 Å². The van der Waals surface area contributed by atoms with E-state index in [4.69, 9.17) is 4.55 Å². The van der Waals surface area contributed by atoms with Crippen molar-refractivity contribution in [1.29, 1.82) is 0 Å². The Morgan fingerprint density at radius 2 is 1.71 bits per heavy atom. The van der Waals surface area contributed by atoms with E-state index >= 15 is 0 Å². The highest BCUT2D eigenvalue weighted by molar-refractivity contribution is 7.87. The Balaban J connectivity index is 4.59. The summed E-state index contributed by atoms with van der Waals surface area (Å²) in [5.41, 5.74) is 0. The van der Waals surface area contributed by atoms with Gasteiger partial charge in [-0.3, -0.25) is 8.74 Å². The topological polar surface area (TPSA) is 97.7 Å². The molecule has 0 radical (unpaired) electrons. The highest BCUT2D eigenvalue weighted by Crippen LogP contribution is 2.21. The van der Waals surface area contributed by atoms with Gasteiger partial charge in [-0.1, -0.05) is 0 Å². The van der Waals surface area contributed by atoms with Crippen molar-refractivity contribution in [2.75, 3.05) is 12.4 Å². The van der Waals surface area contributed by atoms with Crippen LogP contribution in [-0.2, 0) is 24.4 Å². The molecule has 0 saturated carbocycles. The van der Waals surface area contributed by atoms with Gasteiger partial charge in [0.15, 0.2) is 0 Å². The SMILES string of the molecule is CCS(=O)(=O)OCC(F)(F)S(=O)(=O)O. The average molecular weight is 254 g/mol. The van der Waals surface area contributed by atoms with Crippen molar-refractivity contribution in [2.24, 2.45) is 0 Å². The van der Waals surface area contributed by atoms with Crippen LogP contribution in [0.4, 0.5) is 8.78 Å². The first-order valence-electron chi connectivity index (χ1n) is 3.24. The normalized spacial score (nSPS) is 14.3. The average Bonchev–Trinajstić information content (AvgIpc) is 1.99. The van der Waals surface area contributed by atoms with Gasteiger partial charge in [0.05, 0.1) is 5.75 Å². The van der Waals surface area contributed by atoms with E-state index in [9.17, 15) is 25.6 Å². The molecule has 1 N–H and O–H groups in total. The summed E-state index contributed by atoms with van der Waals surface area (Å²) in [6.07, 6.45) is 0. The van der Waals surface area contributed by atoms with Crippen LogP contribution in [-0.4, -0.2) is 39.0 Å². The van der Waals surface area contributed by atoms with E-state index in [0.29, 0.717) is 0 Å². The van der Waals surface area contributed by atoms with E-state index < -0.39 is 37.9 Å². The molecule has 86 valence electrons. The minimum Gasteiger partial charge on any atom is -0.281 e. The zero-order chi connectivity index (χ0) is 11.6. The molecule has 0 bridgehead atoms. The van der Waals surface area contributed by atoms with E-state index in [2.05, 4.69) is 4.18 Å². The lowest BCUT2D eigenvalue weighted by molar-refractivity contribution is 0.0313. The van der Waals surface area contributed by atoms with Crippen LogP contribution in [0.1, 0.15) is 6.92 Å². The first-order valence-corrected chi connectivity index (χ1v) is 6.25. The molecule has 0 aromatic rings. The Kier molecular flexibility index (Phi) is 3.95. The second-order valence-corrected chi connectivity index (χ2v) is 5.70. The summed E-state index contributed by atoms with van der Waals surface area (Å²) in [6, 6.07) is 0. The minimum absolute atomic E-state index is 0.575. The smallest absolute Gasteiger partial charge is 0.281 e. The maximum Gasteiger partial charge on any atom is 0.393 e. The molecule has 0 fully saturated rings. The Bertz CT molecular complexity index is 382. The van der Waals surface area contributed by atoms with Crippen molar-refractivity contribution in [2.45, 2.75) is 12.2 Å². The largest absolute Gasteiger partial charge is 0.393 e. The molecule has 6 nitrogen and oxygen atoms in total. The van der Waals surface area contributed by atoms with Crippen molar-refractivity contribution in [3.05, 3.63) is 0 Å². The third-order valence-corrected chi connectivity index (χ3v) is 3.19. The Hall–Kier alpha value is -0.320. The third-order valence-electron chi connectivity index (χ3n) is 1.14. The van der Waals surface area contributed by atoms with Crippen molar-refractivity contribution in [3.63, 3.8) is 0 Å². The van der Waals surface area contributed by atoms with Gasteiger partial charge in [-0.15, -0.1) is 0 Å². The van der Waals surface area contributed by atoms with Gasteiger partial charge in [0.1, 0.15) is 6.61 Å². The first-order chi connectivity index (χ1) is 6.02. The molecule has 0 rings (SSSR count). The van der Waals surface area contributed by atoms with E-state index in [1.54, 1.807) is 0 Å². The first kappa shape index (κ1) is 13.7. The summed E-state index contributed by atoms with van der Waals surface area (Å²) < 4.78 is 77.4.